The maximum atomic E-state index is 12.8. The molecule has 6 heteroatoms. The number of nitrogens with zero attached hydrogens (tertiary/aromatic N) is 3. The van der Waals surface area contributed by atoms with Crippen LogP contribution in [0.25, 0.3) is 11.0 Å². The topological polar surface area (TPSA) is 76.3 Å². The molecule has 25 heavy (non-hydrogen) atoms. The Balaban J connectivity index is 1.68. The number of rotatable bonds is 2. The minimum Gasteiger partial charge on any atom is -0.451 e. The Morgan fingerprint density at radius 1 is 1.28 bits per heavy atom. The summed E-state index contributed by atoms with van der Waals surface area (Å²) in [6, 6.07) is 6.61. The molecule has 1 aliphatic rings. The predicted octanol–water partition coefficient (Wildman–Crippen LogP) is 2.61. The molecule has 6 nitrogen and oxygen atoms in total. The molecule has 0 fully saturated rings. The number of hydrogen-bond acceptors (Lipinski definition) is 5. The Morgan fingerprint density at radius 3 is 2.92 bits per heavy atom. The van der Waals surface area contributed by atoms with Crippen LogP contribution in [0.5, 0.6) is 0 Å². The summed E-state index contributed by atoms with van der Waals surface area (Å²) >= 11 is 0. The van der Waals surface area contributed by atoms with Gasteiger partial charge in [0.25, 0.3) is 5.91 Å². The second-order valence-electron chi connectivity index (χ2n) is 6.25. The van der Waals surface area contributed by atoms with Gasteiger partial charge >= 0.3 is 0 Å². The lowest BCUT2D eigenvalue weighted by atomic mass is 10.1. The van der Waals surface area contributed by atoms with Gasteiger partial charge in [0, 0.05) is 30.8 Å². The SMILES string of the molecule is CCc1ncc2c(n1)CN(C(=O)c1cc(=O)c3ccc(C)cc3o1)C2. The van der Waals surface area contributed by atoms with E-state index in [9.17, 15) is 9.59 Å². The van der Waals surface area contributed by atoms with Crippen molar-refractivity contribution in [1.29, 1.82) is 0 Å². The van der Waals surface area contributed by atoms with Crippen LogP contribution in [0.1, 0.15) is 40.1 Å². The Hall–Kier alpha value is -3.02. The fourth-order valence-corrected chi connectivity index (χ4v) is 3.03. The summed E-state index contributed by atoms with van der Waals surface area (Å²) in [5, 5.41) is 0.477. The molecule has 1 aromatic carbocycles. The van der Waals surface area contributed by atoms with E-state index in [1.54, 1.807) is 23.2 Å². The van der Waals surface area contributed by atoms with Crippen molar-refractivity contribution in [3.63, 3.8) is 0 Å². The minimum absolute atomic E-state index is 0.0552. The van der Waals surface area contributed by atoms with E-state index in [1.807, 2.05) is 19.9 Å². The zero-order valence-electron chi connectivity index (χ0n) is 14.1. The lowest BCUT2D eigenvalue weighted by Gasteiger charge is -2.14. The number of hydrogen-bond donors (Lipinski definition) is 0. The van der Waals surface area contributed by atoms with Gasteiger partial charge < -0.3 is 9.32 Å². The van der Waals surface area contributed by atoms with E-state index in [0.29, 0.717) is 24.1 Å². The van der Waals surface area contributed by atoms with Crippen LogP contribution in [0.2, 0.25) is 0 Å². The highest BCUT2D eigenvalue weighted by Crippen LogP contribution is 2.23. The first kappa shape index (κ1) is 15.5. The van der Waals surface area contributed by atoms with Crippen molar-refractivity contribution in [1.82, 2.24) is 14.9 Å². The van der Waals surface area contributed by atoms with Gasteiger partial charge in [-0.3, -0.25) is 9.59 Å². The zero-order valence-corrected chi connectivity index (χ0v) is 14.1. The molecule has 1 amide bonds. The molecule has 2 aromatic heterocycles. The molecule has 4 rings (SSSR count). The number of fused-ring (bicyclic) bond motifs is 2. The van der Waals surface area contributed by atoms with Crippen LogP contribution in [0.15, 0.2) is 39.7 Å². The van der Waals surface area contributed by atoms with Crippen LogP contribution in [0.4, 0.5) is 0 Å². The van der Waals surface area contributed by atoms with Gasteiger partial charge in [-0.2, -0.15) is 0 Å². The van der Waals surface area contributed by atoms with Crippen LogP contribution in [-0.2, 0) is 19.5 Å². The Bertz CT molecular complexity index is 1060. The molecular weight excluding hydrogens is 318 g/mol. The van der Waals surface area contributed by atoms with E-state index in [-0.39, 0.29) is 17.1 Å². The molecule has 0 radical (unpaired) electrons. The Morgan fingerprint density at radius 2 is 2.12 bits per heavy atom. The van der Waals surface area contributed by atoms with E-state index >= 15 is 0 Å². The van der Waals surface area contributed by atoms with Gasteiger partial charge in [-0.25, -0.2) is 9.97 Å². The van der Waals surface area contributed by atoms with Crippen molar-refractivity contribution in [2.24, 2.45) is 0 Å². The number of aromatic nitrogens is 2. The summed E-state index contributed by atoms with van der Waals surface area (Å²) in [6.07, 6.45) is 2.52. The summed E-state index contributed by atoms with van der Waals surface area (Å²) in [7, 11) is 0. The standard InChI is InChI=1S/C19H17N3O3/c1-3-18-20-8-12-9-22(10-14(12)21-18)19(24)17-7-15(23)13-5-4-11(2)6-16(13)25-17/h4-8H,3,9-10H2,1-2H3. The van der Waals surface area contributed by atoms with E-state index < -0.39 is 0 Å². The number of carbonyl (C=O) groups is 1. The number of amides is 1. The Labute approximate surface area is 144 Å². The highest BCUT2D eigenvalue weighted by atomic mass is 16.3. The molecular formula is C19H17N3O3. The van der Waals surface area contributed by atoms with Crippen molar-refractivity contribution >= 4 is 16.9 Å². The molecule has 3 heterocycles. The van der Waals surface area contributed by atoms with Crippen LogP contribution < -0.4 is 5.43 Å². The lowest BCUT2D eigenvalue weighted by molar-refractivity contribution is 0.0718. The number of aryl methyl sites for hydroxylation is 2. The molecule has 0 aliphatic carbocycles. The first-order valence-electron chi connectivity index (χ1n) is 8.22. The average molecular weight is 335 g/mol. The third kappa shape index (κ3) is 2.69. The van der Waals surface area contributed by atoms with Gasteiger partial charge in [-0.05, 0) is 24.6 Å². The van der Waals surface area contributed by atoms with Crippen LogP contribution in [-0.4, -0.2) is 20.8 Å². The largest absolute Gasteiger partial charge is 0.451 e. The van der Waals surface area contributed by atoms with Gasteiger partial charge in [0.1, 0.15) is 11.4 Å². The predicted molar refractivity (Wildman–Crippen MR) is 92.2 cm³/mol. The van der Waals surface area contributed by atoms with E-state index in [2.05, 4.69) is 9.97 Å². The van der Waals surface area contributed by atoms with Gasteiger partial charge in [0.15, 0.2) is 11.2 Å². The maximum absolute atomic E-state index is 12.8. The average Bonchev–Trinajstić information content (AvgIpc) is 3.03. The van der Waals surface area contributed by atoms with Crippen LogP contribution in [0, 0.1) is 6.92 Å². The minimum atomic E-state index is -0.309. The molecule has 0 unspecified atom stereocenters. The molecule has 1 aliphatic heterocycles. The van der Waals surface area contributed by atoms with Crippen molar-refractivity contribution in [2.75, 3.05) is 0 Å². The smallest absolute Gasteiger partial charge is 0.290 e. The molecule has 3 aromatic rings. The van der Waals surface area contributed by atoms with Crippen molar-refractivity contribution in [3.8, 4) is 0 Å². The van der Waals surface area contributed by atoms with E-state index in [1.165, 1.54) is 6.07 Å². The monoisotopic (exact) mass is 335 g/mol. The maximum Gasteiger partial charge on any atom is 0.290 e. The summed E-state index contributed by atoms with van der Waals surface area (Å²) in [5.74, 6) is 0.511. The third-order valence-corrected chi connectivity index (χ3v) is 4.40. The summed E-state index contributed by atoms with van der Waals surface area (Å²) < 4.78 is 5.71. The molecule has 0 N–H and O–H groups in total. The van der Waals surface area contributed by atoms with Crippen molar-refractivity contribution < 1.29 is 9.21 Å². The highest BCUT2D eigenvalue weighted by molar-refractivity contribution is 5.93. The van der Waals surface area contributed by atoms with Crippen LogP contribution in [0.3, 0.4) is 0 Å². The quantitative estimate of drug-likeness (QED) is 0.719. The first-order chi connectivity index (χ1) is 12.0. The fraction of sp³-hybridized carbons (Fsp3) is 0.263. The highest BCUT2D eigenvalue weighted by Gasteiger charge is 2.28. The summed E-state index contributed by atoms with van der Waals surface area (Å²) in [4.78, 5) is 35.5. The number of benzene rings is 1. The van der Waals surface area contributed by atoms with Crippen LogP contribution >= 0.6 is 0 Å². The first-order valence-corrected chi connectivity index (χ1v) is 8.22. The Kier molecular flexibility index (Phi) is 3.60. The third-order valence-electron chi connectivity index (χ3n) is 4.40. The van der Waals surface area contributed by atoms with E-state index in [4.69, 9.17) is 4.42 Å². The second kappa shape index (κ2) is 5.81. The van der Waals surface area contributed by atoms with Gasteiger partial charge in [0.2, 0.25) is 0 Å². The molecule has 0 bridgehead atoms. The van der Waals surface area contributed by atoms with Crippen molar-refractivity contribution in [3.05, 3.63) is 69.1 Å². The van der Waals surface area contributed by atoms with Gasteiger partial charge in [0.05, 0.1) is 17.6 Å². The molecule has 0 saturated carbocycles. The van der Waals surface area contributed by atoms with Gasteiger partial charge in [-0.1, -0.05) is 13.0 Å². The summed E-state index contributed by atoms with van der Waals surface area (Å²) in [6.45, 7) is 4.73. The lowest BCUT2D eigenvalue weighted by Crippen LogP contribution is -2.26. The normalized spacial score (nSPS) is 13.3. The van der Waals surface area contributed by atoms with E-state index in [0.717, 1.165) is 29.1 Å². The number of carbonyl (C=O) groups excluding carboxylic acids is 1. The zero-order chi connectivity index (χ0) is 17.6. The van der Waals surface area contributed by atoms with Crippen molar-refractivity contribution in [2.45, 2.75) is 33.4 Å². The summed E-state index contributed by atoms with van der Waals surface area (Å²) in [5.41, 5.74) is 2.98. The fourth-order valence-electron chi connectivity index (χ4n) is 3.03. The van der Waals surface area contributed by atoms with Gasteiger partial charge in [-0.15, -0.1) is 0 Å². The molecule has 0 spiro atoms. The molecule has 0 atom stereocenters. The second-order valence-corrected chi connectivity index (χ2v) is 6.25. The molecule has 126 valence electrons. The molecule has 0 saturated heterocycles.